The number of alkyl halides is 3. The number of pyridine rings is 1. The summed E-state index contributed by atoms with van der Waals surface area (Å²) < 4.78 is 49.2. The number of halogens is 4. The fourth-order valence-corrected chi connectivity index (χ4v) is 6.02. The SMILES string of the molecule is Cc1cc(C)n(-c2nc3c(c(=O)n2-c2ccc(O[C@H]4C[C@H](O)C4)nc2)C[C@@H](C)N(C(=O)c2ccc(Br)c(C(F)(F)F)c2)C3)n1. The number of carbonyl (C=O) groups excluding carboxylic acids is 1. The Balaban J connectivity index is 1.39. The van der Waals surface area contributed by atoms with Gasteiger partial charge in [0.2, 0.25) is 11.8 Å². The molecule has 3 aromatic heterocycles. The number of aryl methyl sites for hydroxylation is 2. The molecule has 0 unspecified atom stereocenters. The Kier molecular flexibility index (Phi) is 7.60. The molecule has 2 aliphatic rings. The van der Waals surface area contributed by atoms with Gasteiger partial charge in [-0.05, 0) is 57.5 Å². The van der Waals surface area contributed by atoms with Crippen LogP contribution in [0.1, 0.15) is 58.3 Å². The zero-order valence-electron chi connectivity index (χ0n) is 24.0. The summed E-state index contributed by atoms with van der Waals surface area (Å²) in [6, 6.07) is 8.04. The molecule has 0 saturated heterocycles. The number of hydrogen-bond acceptors (Lipinski definition) is 7. The summed E-state index contributed by atoms with van der Waals surface area (Å²) in [5.74, 6) is -0.0536. The number of benzene rings is 1. The van der Waals surface area contributed by atoms with Crippen LogP contribution in [0.2, 0.25) is 0 Å². The van der Waals surface area contributed by atoms with E-state index in [9.17, 15) is 27.9 Å². The molecule has 10 nitrogen and oxygen atoms in total. The summed E-state index contributed by atoms with van der Waals surface area (Å²) in [5, 5.41) is 14.1. The fraction of sp³-hybridized carbons (Fsp3) is 0.367. The van der Waals surface area contributed by atoms with E-state index in [1.54, 1.807) is 19.1 Å². The van der Waals surface area contributed by atoms with Crippen molar-refractivity contribution in [1.82, 2.24) is 29.2 Å². The van der Waals surface area contributed by atoms with E-state index in [2.05, 4.69) is 26.0 Å². The Morgan fingerprint density at radius 1 is 1.14 bits per heavy atom. The number of rotatable bonds is 5. The Morgan fingerprint density at radius 2 is 1.89 bits per heavy atom. The van der Waals surface area contributed by atoms with Gasteiger partial charge in [-0.3, -0.25) is 9.59 Å². The van der Waals surface area contributed by atoms with Gasteiger partial charge in [0.1, 0.15) is 6.10 Å². The van der Waals surface area contributed by atoms with Crippen LogP contribution in [-0.4, -0.2) is 58.5 Å². The molecule has 230 valence electrons. The zero-order chi connectivity index (χ0) is 31.5. The Bertz CT molecular complexity index is 1820. The predicted octanol–water partition coefficient (Wildman–Crippen LogP) is 4.70. The van der Waals surface area contributed by atoms with Gasteiger partial charge < -0.3 is 14.7 Å². The van der Waals surface area contributed by atoms with Crippen molar-refractivity contribution in [1.29, 1.82) is 0 Å². The van der Waals surface area contributed by atoms with Crippen LogP contribution in [0.15, 0.2) is 51.9 Å². The number of amides is 1. The number of carbonyl (C=O) groups is 1. The molecule has 1 aliphatic heterocycles. The number of fused-ring (bicyclic) bond motifs is 1. The van der Waals surface area contributed by atoms with Crippen LogP contribution >= 0.6 is 15.9 Å². The largest absolute Gasteiger partial charge is 0.474 e. The van der Waals surface area contributed by atoms with Gasteiger partial charge in [-0.1, -0.05) is 15.9 Å². The quantitative estimate of drug-likeness (QED) is 0.327. The van der Waals surface area contributed by atoms with E-state index < -0.39 is 23.7 Å². The predicted molar refractivity (Wildman–Crippen MR) is 156 cm³/mol. The maximum absolute atomic E-state index is 14.1. The molecule has 1 atom stereocenters. The van der Waals surface area contributed by atoms with E-state index in [1.807, 2.05) is 19.9 Å². The van der Waals surface area contributed by atoms with Crippen molar-refractivity contribution >= 4 is 21.8 Å². The average molecular weight is 673 g/mol. The van der Waals surface area contributed by atoms with Crippen LogP contribution in [0.4, 0.5) is 13.2 Å². The zero-order valence-corrected chi connectivity index (χ0v) is 25.6. The molecule has 1 saturated carbocycles. The first-order chi connectivity index (χ1) is 20.8. The van der Waals surface area contributed by atoms with Crippen molar-refractivity contribution in [2.45, 2.75) is 71.0 Å². The van der Waals surface area contributed by atoms with Gasteiger partial charge in [-0.2, -0.15) is 18.3 Å². The van der Waals surface area contributed by atoms with Gasteiger partial charge in [0.15, 0.2) is 0 Å². The van der Waals surface area contributed by atoms with Crippen molar-refractivity contribution in [2.75, 3.05) is 0 Å². The molecule has 44 heavy (non-hydrogen) atoms. The number of aliphatic hydroxyl groups excluding tert-OH is 1. The van der Waals surface area contributed by atoms with Gasteiger partial charge in [-0.25, -0.2) is 19.2 Å². The van der Waals surface area contributed by atoms with Crippen LogP contribution in [0.5, 0.6) is 5.88 Å². The molecular weight excluding hydrogens is 645 g/mol. The van der Waals surface area contributed by atoms with E-state index in [0.717, 1.165) is 6.07 Å². The molecule has 0 spiro atoms. The minimum atomic E-state index is -4.64. The van der Waals surface area contributed by atoms with Crippen LogP contribution in [0, 0.1) is 13.8 Å². The molecule has 4 heterocycles. The Hall–Kier alpha value is -4.04. The third kappa shape index (κ3) is 5.52. The van der Waals surface area contributed by atoms with E-state index in [1.165, 1.54) is 32.5 Å². The standard InChI is InChI=1S/C30H28BrF3N6O4/c1-15-8-17(3)40(37-15)29-36-25-14-38(27(42)18-4-6-24(31)23(10-18)30(32,33)34)16(2)9-22(25)28(43)39(29)19-5-7-26(35-13-19)44-21-11-20(41)12-21/h4-8,10,13,16,20-21,41H,9,11-12,14H2,1-3H3/t16-,20-,21-/m1/s1. The van der Waals surface area contributed by atoms with E-state index >= 15 is 0 Å². The first kappa shape index (κ1) is 30.0. The molecule has 1 fully saturated rings. The highest BCUT2D eigenvalue weighted by Crippen LogP contribution is 2.36. The lowest BCUT2D eigenvalue weighted by Crippen LogP contribution is -2.46. The second kappa shape index (κ2) is 11.1. The monoisotopic (exact) mass is 672 g/mol. The van der Waals surface area contributed by atoms with Crippen LogP contribution in [0.25, 0.3) is 11.6 Å². The first-order valence-corrected chi connectivity index (χ1v) is 14.8. The Labute approximate surface area is 258 Å². The summed E-state index contributed by atoms with van der Waals surface area (Å²) in [5.41, 5.74) is 1.14. The second-order valence-corrected chi connectivity index (χ2v) is 12.1. The lowest BCUT2D eigenvalue weighted by molar-refractivity contribution is -0.138. The number of ether oxygens (including phenoxy) is 1. The molecule has 1 aromatic carbocycles. The van der Waals surface area contributed by atoms with Crippen LogP contribution in [-0.2, 0) is 19.1 Å². The lowest BCUT2D eigenvalue weighted by Gasteiger charge is -2.34. The lowest BCUT2D eigenvalue weighted by atomic mass is 9.92. The number of hydrogen-bond donors (Lipinski definition) is 1. The molecule has 14 heteroatoms. The van der Waals surface area contributed by atoms with Crippen molar-refractivity contribution in [3.05, 3.63) is 91.2 Å². The van der Waals surface area contributed by atoms with E-state index in [4.69, 9.17) is 9.72 Å². The molecule has 0 radical (unpaired) electrons. The molecule has 1 N–H and O–H groups in total. The summed E-state index contributed by atoms with van der Waals surface area (Å²) >= 11 is 2.92. The summed E-state index contributed by atoms with van der Waals surface area (Å²) in [6.07, 6.45) is -2.43. The topological polar surface area (TPSA) is 115 Å². The van der Waals surface area contributed by atoms with Gasteiger partial charge >= 0.3 is 6.18 Å². The van der Waals surface area contributed by atoms with Crippen LogP contribution < -0.4 is 10.3 Å². The smallest absolute Gasteiger partial charge is 0.417 e. The summed E-state index contributed by atoms with van der Waals surface area (Å²) in [7, 11) is 0. The molecule has 6 rings (SSSR count). The van der Waals surface area contributed by atoms with Gasteiger partial charge in [0, 0.05) is 46.2 Å². The maximum Gasteiger partial charge on any atom is 0.417 e. The first-order valence-electron chi connectivity index (χ1n) is 14.0. The third-order valence-corrected chi connectivity index (χ3v) is 8.60. The van der Waals surface area contributed by atoms with Crippen molar-refractivity contribution in [2.24, 2.45) is 0 Å². The van der Waals surface area contributed by atoms with E-state index in [0.29, 0.717) is 47.1 Å². The van der Waals surface area contributed by atoms with Crippen molar-refractivity contribution in [3.63, 3.8) is 0 Å². The highest BCUT2D eigenvalue weighted by Gasteiger charge is 2.36. The normalized spacial score (nSPS) is 19.8. The number of aliphatic hydroxyl groups is 1. The minimum absolute atomic E-state index is 0.0760. The van der Waals surface area contributed by atoms with Crippen molar-refractivity contribution < 1.29 is 27.8 Å². The average Bonchev–Trinajstić information content (AvgIpc) is 3.29. The summed E-state index contributed by atoms with van der Waals surface area (Å²) in [6.45, 7) is 5.30. The third-order valence-electron chi connectivity index (χ3n) is 7.91. The highest BCUT2D eigenvalue weighted by molar-refractivity contribution is 9.10. The number of aromatic nitrogens is 5. The summed E-state index contributed by atoms with van der Waals surface area (Å²) in [4.78, 5) is 38.3. The fourth-order valence-electron chi connectivity index (χ4n) is 5.54. The van der Waals surface area contributed by atoms with Gasteiger partial charge in [0.25, 0.3) is 11.5 Å². The van der Waals surface area contributed by atoms with Gasteiger partial charge in [-0.15, -0.1) is 0 Å². The van der Waals surface area contributed by atoms with Crippen LogP contribution in [0.3, 0.4) is 0 Å². The molecule has 1 aliphatic carbocycles. The minimum Gasteiger partial charge on any atom is -0.474 e. The molecule has 0 bridgehead atoms. The second-order valence-electron chi connectivity index (χ2n) is 11.2. The Morgan fingerprint density at radius 3 is 2.50 bits per heavy atom. The molecule has 4 aromatic rings. The van der Waals surface area contributed by atoms with Crippen molar-refractivity contribution in [3.8, 4) is 17.5 Å². The molecular formula is C30H28BrF3N6O4. The maximum atomic E-state index is 14.1. The molecule has 1 amide bonds. The van der Waals surface area contributed by atoms with E-state index in [-0.39, 0.29) is 46.7 Å². The van der Waals surface area contributed by atoms with Gasteiger partial charge in [0.05, 0.1) is 41.5 Å². The highest BCUT2D eigenvalue weighted by atomic mass is 79.9. The number of nitrogens with zero attached hydrogens (tertiary/aromatic N) is 6.